The van der Waals surface area contributed by atoms with Gasteiger partial charge in [0.15, 0.2) is 5.16 Å². The Balaban J connectivity index is 1.90. The van der Waals surface area contributed by atoms with E-state index >= 15 is 0 Å². The second kappa shape index (κ2) is 8.26. The molecule has 0 radical (unpaired) electrons. The van der Waals surface area contributed by atoms with Crippen molar-refractivity contribution >= 4 is 22.7 Å². The first-order valence-electron chi connectivity index (χ1n) is 9.84. The molecule has 4 aromatic rings. The van der Waals surface area contributed by atoms with Crippen LogP contribution in [0, 0.1) is 6.92 Å². The molecular formula is C25H24N2OS. The summed E-state index contributed by atoms with van der Waals surface area (Å²) in [4.78, 5) is 18.4. The highest BCUT2D eigenvalue weighted by Gasteiger charge is 2.17. The zero-order valence-electron chi connectivity index (χ0n) is 16.9. The second-order valence-corrected chi connectivity index (χ2v) is 8.42. The van der Waals surface area contributed by atoms with E-state index in [4.69, 9.17) is 4.98 Å². The maximum Gasteiger partial charge on any atom is 0.266 e. The number of rotatable bonds is 5. The molecule has 0 amide bonds. The first-order valence-corrected chi connectivity index (χ1v) is 10.8. The summed E-state index contributed by atoms with van der Waals surface area (Å²) in [6.45, 7) is 6.42. The van der Waals surface area contributed by atoms with Gasteiger partial charge in [-0.1, -0.05) is 80.2 Å². The lowest BCUT2D eigenvalue weighted by Crippen LogP contribution is -2.23. The van der Waals surface area contributed by atoms with E-state index in [9.17, 15) is 4.79 Å². The Morgan fingerprint density at radius 2 is 1.62 bits per heavy atom. The van der Waals surface area contributed by atoms with Gasteiger partial charge < -0.3 is 0 Å². The van der Waals surface area contributed by atoms with E-state index in [0.717, 1.165) is 27.7 Å². The molecule has 0 unspecified atom stereocenters. The third-order valence-corrected chi connectivity index (χ3v) is 6.15. The number of thioether (sulfide) groups is 1. The smallest absolute Gasteiger partial charge is 0.266 e. The maximum absolute atomic E-state index is 13.5. The first kappa shape index (κ1) is 19.5. The molecule has 0 N–H and O–H groups in total. The average molecular weight is 401 g/mol. The van der Waals surface area contributed by atoms with Crippen molar-refractivity contribution < 1.29 is 0 Å². The molecule has 4 heteroatoms. The summed E-state index contributed by atoms with van der Waals surface area (Å²) in [5, 5.41) is 1.37. The number of benzene rings is 3. The summed E-state index contributed by atoms with van der Waals surface area (Å²) < 4.78 is 1.79. The Kier molecular flexibility index (Phi) is 5.54. The van der Waals surface area contributed by atoms with Gasteiger partial charge in [0, 0.05) is 5.75 Å². The Morgan fingerprint density at radius 1 is 0.931 bits per heavy atom. The number of fused-ring (bicyclic) bond motifs is 1. The molecule has 0 aliphatic rings. The normalized spacial score (nSPS) is 11.3. The predicted molar refractivity (Wildman–Crippen MR) is 122 cm³/mol. The molecule has 0 saturated carbocycles. The topological polar surface area (TPSA) is 34.9 Å². The SMILES string of the molecule is Cc1ccccc1CSc1nc2ccccc2c(=O)n1-c1ccccc1C(C)C. The van der Waals surface area contributed by atoms with Crippen molar-refractivity contribution in [2.45, 2.75) is 37.6 Å². The average Bonchev–Trinajstić information content (AvgIpc) is 2.73. The van der Waals surface area contributed by atoms with Gasteiger partial charge in [-0.3, -0.25) is 9.36 Å². The minimum Gasteiger partial charge on any atom is -0.268 e. The lowest BCUT2D eigenvalue weighted by Gasteiger charge is -2.18. The van der Waals surface area contributed by atoms with Crippen LogP contribution in [-0.2, 0) is 5.75 Å². The van der Waals surface area contributed by atoms with Crippen LogP contribution in [-0.4, -0.2) is 9.55 Å². The Labute approximate surface area is 175 Å². The van der Waals surface area contributed by atoms with Crippen molar-refractivity contribution in [1.29, 1.82) is 0 Å². The van der Waals surface area contributed by atoms with E-state index in [1.165, 1.54) is 11.1 Å². The van der Waals surface area contributed by atoms with Gasteiger partial charge >= 0.3 is 0 Å². The summed E-state index contributed by atoms with van der Waals surface area (Å²) in [6, 6.07) is 24.1. The highest BCUT2D eigenvalue weighted by molar-refractivity contribution is 7.98. The molecule has 0 aliphatic carbocycles. The molecule has 29 heavy (non-hydrogen) atoms. The molecular weight excluding hydrogens is 376 g/mol. The van der Waals surface area contributed by atoms with Crippen LogP contribution in [0.25, 0.3) is 16.6 Å². The largest absolute Gasteiger partial charge is 0.268 e. The van der Waals surface area contributed by atoms with Crippen molar-refractivity contribution in [3.63, 3.8) is 0 Å². The number of aromatic nitrogens is 2. The van der Waals surface area contributed by atoms with E-state index in [1.807, 2.05) is 48.5 Å². The van der Waals surface area contributed by atoms with E-state index in [1.54, 1.807) is 16.3 Å². The van der Waals surface area contributed by atoms with Crippen LogP contribution in [0.1, 0.15) is 36.5 Å². The van der Waals surface area contributed by atoms with E-state index in [0.29, 0.717) is 11.3 Å². The molecule has 1 aromatic heterocycles. The summed E-state index contributed by atoms with van der Waals surface area (Å²) in [7, 11) is 0. The zero-order valence-corrected chi connectivity index (χ0v) is 17.7. The van der Waals surface area contributed by atoms with Crippen molar-refractivity contribution in [1.82, 2.24) is 9.55 Å². The zero-order chi connectivity index (χ0) is 20.4. The van der Waals surface area contributed by atoms with E-state index < -0.39 is 0 Å². The third kappa shape index (κ3) is 3.85. The molecule has 0 fully saturated rings. The number of hydrogen-bond acceptors (Lipinski definition) is 3. The quantitative estimate of drug-likeness (QED) is 0.299. The number of aryl methyl sites for hydroxylation is 1. The van der Waals surface area contributed by atoms with E-state index in [-0.39, 0.29) is 5.56 Å². The number of hydrogen-bond donors (Lipinski definition) is 0. The third-order valence-electron chi connectivity index (χ3n) is 5.16. The summed E-state index contributed by atoms with van der Waals surface area (Å²) in [5.74, 6) is 1.07. The number of nitrogens with zero attached hydrogens (tertiary/aromatic N) is 2. The van der Waals surface area contributed by atoms with Crippen LogP contribution in [0.4, 0.5) is 0 Å². The van der Waals surface area contributed by atoms with Gasteiger partial charge in [0.2, 0.25) is 0 Å². The molecule has 0 atom stereocenters. The molecule has 146 valence electrons. The van der Waals surface area contributed by atoms with Gasteiger partial charge in [-0.2, -0.15) is 0 Å². The fraction of sp³-hybridized carbons (Fsp3) is 0.200. The van der Waals surface area contributed by atoms with Gasteiger partial charge in [-0.25, -0.2) is 4.98 Å². The standard InChI is InChI=1S/C25H24N2OS/c1-17(2)20-12-7-9-15-23(20)27-24(28)21-13-6-8-14-22(21)26-25(27)29-16-19-11-5-4-10-18(19)3/h4-15,17H,16H2,1-3H3. The van der Waals surface area contributed by atoms with Crippen LogP contribution >= 0.6 is 11.8 Å². The Bertz CT molecular complexity index is 1230. The van der Waals surface area contributed by atoms with Crippen molar-refractivity contribution in [3.05, 3.63) is 99.8 Å². The van der Waals surface area contributed by atoms with Crippen LogP contribution in [0.2, 0.25) is 0 Å². The summed E-state index contributed by atoms with van der Waals surface area (Å²) in [6.07, 6.45) is 0. The van der Waals surface area contributed by atoms with Gasteiger partial charge in [0.1, 0.15) is 0 Å². The first-order chi connectivity index (χ1) is 14.1. The van der Waals surface area contributed by atoms with Crippen LogP contribution < -0.4 is 5.56 Å². The van der Waals surface area contributed by atoms with Gasteiger partial charge in [-0.15, -0.1) is 0 Å². The van der Waals surface area contributed by atoms with Gasteiger partial charge in [0.05, 0.1) is 16.6 Å². The maximum atomic E-state index is 13.5. The summed E-state index contributed by atoms with van der Waals surface area (Å²) >= 11 is 1.61. The van der Waals surface area contributed by atoms with Crippen molar-refractivity contribution in [2.75, 3.05) is 0 Å². The molecule has 0 aliphatic heterocycles. The van der Waals surface area contributed by atoms with Crippen molar-refractivity contribution in [3.8, 4) is 5.69 Å². The molecule has 0 saturated heterocycles. The highest BCUT2D eigenvalue weighted by Crippen LogP contribution is 2.29. The van der Waals surface area contributed by atoms with Gasteiger partial charge in [0.25, 0.3) is 5.56 Å². The fourth-order valence-electron chi connectivity index (χ4n) is 3.52. The number of para-hydroxylation sites is 2. The van der Waals surface area contributed by atoms with Crippen LogP contribution in [0.15, 0.2) is 82.7 Å². The molecule has 1 heterocycles. The lowest BCUT2D eigenvalue weighted by molar-refractivity contribution is 0.780. The van der Waals surface area contributed by atoms with Crippen LogP contribution in [0.5, 0.6) is 0 Å². The van der Waals surface area contributed by atoms with Crippen molar-refractivity contribution in [2.24, 2.45) is 0 Å². The monoisotopic (exact) mass is 400 g/mol. The minimum absolute atomic E-state index is 0.0176. The second-order valence-electron chi connectivity index (χ2n) is 7.48. The summed E-state index contributed by atoms with van der Waals surface area (Å²) in [5.41, 5.74) is 5.28. The van der Waals surface area contributed by atoms with Crippen LogP contribution in [0.3, 0.4) is 0 Å². The Morgan fingerprint density at radius 3 is 2.41 bits per heavy atom. The predicted octanol–water partition coefficient (Wildman–Crippen LogP) is 6.11. The molecule has 4 rings (SSSR count). The van der Waals surface area contributed by atoms with E-state index in [2.05, 4.69) is 45.0 Å². The molecule has 0 bridgehead atoms. The molecule has 3 nitrogen and oxygen atoms in total. The minimum atomic E-state index is -0.0176. The highest BCUT2D eigenvalue weighted by atomic mass is 32.2. The Hall–Kier alpha value is -2.85. The fourth-order valence-corrected chi connectivity index (χ4v) is 4.60. The lowest BCUT2D eigenvalue weighted by atomic mass is 10.0. The molecule has 3 aromatic carbocycles. The molecule has 0 spiro atoms. The van der Waals surface area contributed by atoms with Gasteiger partial charge in [-0.05, 0) is 47.7 Å².